The van der Waals surface area contributed by atoms with Gasteiger partial charge in [-0.15, -0.1) is 0 Å². The Morgan fingerprint density at radius 1 is 1.30 bits per heavy atom. The SMILES string of the molecule is Brc1ccnc(Br)n1.CC. The van der Waals surface area contributed by atoms with Gasteiger partial charge in [-0.1, -0.05) is 13.8 Å². The third-order valence-corrected chi connectivity index (χ3v) is 1.42. The van der Waals surface area contributed by atoms with Gasteiger partial charge in [-0.2, -0.15) is 0 Å². The van der Waals surface area contributed by atoms with Crippen molar-refractivity contribution < 1.29 is 0 Å². The summed E-state index contributed by atoms with van der Waals surface area (Å²) in [4.78, 5) is 7.71. The zero-order chi connectivity index (χ0) is 7.98. The number of halogens is 2. The minimum Gasteiger partial charge on any atom is -0.231 e. The van der Waals surface area contributed by atoms with Crippen molar-refractivity contribution in [2.75, 3.05) is 0 Å². The number of hydrogen-bond donors (Lipinski definition) is 0. The predicted molar refractivity (Wildman–Crippen MR) is 48.8 cm³/mol. The molecular weight excluding hydrogens is 260 g/mol. The van der Waals surface area contributed by atoms with Crippen LogP contribution in [0.15, 0.2) is 21.6 Å². The van der Waals surface area contributed by atoms with Gasteiger partial charge in [0.2, 0.25) is 0 Å². The molecule has 0 saturated heterocycles. The molecule has 56 valence electrons. The zero-order valence-electron chi connectivity index (χ0n) is 5.81. The van der Waals surface area contributed by atoms with Crippen molar-refractivity contribution in [1.29, 1.82) is 0 Å². The van der Waals surface area contributed by atoms with Crippen LogP contribution in [0.25, 0.3) is 0 Å². The summed E-state index contributed by atoms with van der Waals surface area (Å²) in [5.74, 6) is 0. The molecule has 10 heavy (non-hydrogen) atoms. The molecule has 2 nitrogen and oxygen atoms in total. The van der Waals surface area contributed by atoms with Crippen LogP contribution in [0, 0.1) is 0 Å². The predicted octanol–water partition coefficient (Wildman–Crippen LogP) is 3.03. The van der Waals surface area contributed by atoms with Gasteiger partial charge in [-0.25, -0.2) is 9.97 Å². The zero-order valence-corrected chi connectivity index (χ0v) is 8.98. The Labute approximate surface area is 77.3 Å². The highest BCUT2D eigenvalue weighted by Gasteiger charge is 1.87. The topological polar surface area (TPSA) is 25.8 Å². The van der Waals surface area contributed by atoms with Crippen LogP contribution >= 0.6 is 31.9 Å². The van der Waals surface area contributed by atoms with Crippen molar-refractivity contribution >= 4 is 31.9 Å². The first-order valence-electron chi connectivity index (χ1n) is 2.93. The third kappa shape index (κ3) is 3.95. The number of nitrogens with zero attached hydrogens (tertiary/aromatic N) is 2. The fraction of sp³-hybridized carbons (Fsp3) is 0.333. The monoisotopic (exact) mass is 266 g/mol. The summed E-state index contributed by atoms with van der Waals surface area (Å²) in [7, 11) is 0. The van der Waals surface area contributed by atoms with E-state index < -0.39 is 0 Å². The van der Waals surface area contributed by atoms with E-state index in [-0.39, 0.29) is 0 Å². The van der Waals surface area contributed by atoms with Crippen LogP contribution < -0.4 is 0 Å². The highest BCUT2D eigenvalue weighted by atomic mass is 79.9. The van der Waals surface area contributed by atoms with E-state index in [1.165, 1.54) is 0 Å². The fourth-order valence-corrected chi connectivity index (χ4v) is 1.15. The molecule has 1 aromatic heterocycles. The average Bonchev–Trinajstić information content (AvgIpc) is 1.91. The molecule has 1 aromatic rings. The molecule has 0 N–H and O–H groups in total. The maximum absolute atomic E-state index is 3.90. The molecule has 0 spiro atoms. The van der Waals surface area contributed by atoms with Gasteiger partial charge in [0, 0.05) is 6.20 Å². The summed E-state index contributed by atoms with van der Waals surface area (Å²) in [5.41, 5.74) is 0. The molecule has 1 rings (SSSR count). The first kappa shape index (κ1) is 10.0. The molecule has 0 aliphatic heterocycles. The molecule has 0 saturated carbocycles. The second kappa shape index (κ2) is 5.80. The van der Waals surface area contributed by atoms with Gasteiger partial charge in [0.25, 0.3) is 0 Å². The van der Waals surface area contributed by atoms with Crippen LogP contribution in [0.5, 0.6) is 0 Å². The minimum atomic E-state index is 0.604. The summed E-state index contributed by atoms with van der Waals surface area (Å²) in [5, 5.41) is 0. The van der Waals surface area contributed by atoms with Gasteiger partial charge < -0.3 is 0 Å². The van der Waals surface area contributed by atoms with Crippen LogP contribution in [0.4, 0.5) is 0 Å². The first-order valence-corrected chi connectivity index (χ1v) is 4.51. The van der Waals surface area contributed by atoms with Crippen LogP contribution in [0.2, 0.25) is 0 Å². The van der Waals surface area contributed by atoms with Crippen molar-refractivity contribution in [3.05, 3.63) is 21.6 Å². The van der Waals surface area contributed by atoms with Gasteiger partial charge in [-0.05, 0) is 37.9 Å². The van der Waals surface area contributed by atoms with E-state index in [2.05, 4.69) is 41.8 Å². The van der Waals surface area contributed by atoms with Crippen LogP contribution in [0.1, 0.15) is 13.8 Å². The maximum atomic E-state index is 3.90. The molecule has 1 heterocycles. The van der Waals surface area contributed by atoms with Gasteiger partial charge in [0.15, 0.2) is 4.73 Å². The summed E-state index contributed by atoms with van der Waals surface area (Å²) in [6, 6.07) is 1.77. The largest absolute Gasteiger partial charge is 0.231 e. The smallest absolute Gasteiger partial charge is 0.197 e. The molecule has 0 radical (unpaired) electrons. The Hall–Kier alpha value is 0.0400. The Morgan fingerprint density at radius 2 is 1.90 bits per heavy atom. The second-order valence-electron chi connectivity index (χ2n) is 1.15. The lowest BCUT2D eigenvalue weighted by Gasteiger charge is -1.85. The maximum Gasteiger partial charge on any atom is 0.197 e. The molecular formula is C6H8Br2N2. The molecule has 4 heteroatoms. The van der Waals surface area contributed by atoms with Crippen LogP contribution in [-0.2, 0) is 0 Å². The van der Waals surface area contributed by atoms with E-state index in [1.54, 1.807) is 12.3 Å². The molecule has 0 bridgehead atoms. The average molecular weight is 268 g/mol. The molecule has 0 aliphatic rings. The quantitative estimate of drug-likeness (QED) is 0.534. The Morgan fingerprint density at radius 3 is 2.20 bits per heavy atom. The lowest BCUT2D eigenvalue weighted by molar-refractivity contribution is 1.09. The van der Waals surface area contributed by atoms with Crippen molar-refractivity contribution in [2.24, 2.45) is 0 Å². The molecule has 0 amide bonds. The summed E-state index contributed by atoms with van der Waals surface area (Å²) < 4.78 is 1.39. The van der Waals surface area contributed by atoms with Crippen molar-refractivity contribution in [1.82, 2.24) is 9.97 Å². The normalized spacial score (nSPS) is 8.00. The summed E-state index contributed by atoms with van der Waals surface area (Å²) in [6.07, 6.45) is 1.67. The van der Waals surface area contributed by atoms with Gasteiger partial charge >= 0.3 is 0 Å². The summed E-state index contributed by atoms with van der Waals surface area (Å²) in [6.45, 7) is 4.00. The van der Waals surface area contributed by atoms with Crippen molar-refractivity contribution in [2.45, 2.75) is 13.8 Å². The van der Waals surface area contributed by atoms with E-state index in [1.807, 2.05) is 13.8 Å². The number of rotatable bonds is 0. The minimum absolute atomic E-state index is 0.604. The standard InChI is InChI=1S/C4H2Br2N2.C2H6/c5-3-1-2-7-4(6)8-3;1-2/h1-2H;1-2H3. The first-order chi connectivity index (χ1) is 4.79. The Bertz CT molecular complexity index is 174. The highest BCUT2D eigenvalue weighted by molar-refractivity contribution is 9.11. The number of aromatic nitrogens is 2. The molecule has 0 aliphatic carbocycles. The highest BCUT2D eigenvalue weighted by Crippen LogP contribution is 2.06. The molecule has 0 fully saturated rings. The Kier molecular flexibility index (Phi) is 5.82. The fourth-order valence-electron chi connectivity index (χ4n) is 0.315. The van der Waals surface area contributed by atoms with Gasteiger partial charge in [-0.3, -0.25) is 0 Å². The van der Waals surface area contributed by atoms with Crippen molar-refractivity contribution in [3.8, 4) is 0 Å². The Balaban J connectivity index is 0.000000371. The lowest BCUT2D eigenvalue weighted by Crippen LogP contribution is -1.78. The van der Waals surface area contributed by atoms with E-state index in [0.29, 0.717) is 4.73 Å². The summed E-state index contributed by atoms with van der Waals surface area (Å²) >= 11 is 6.29. The van der Waals surface area contributed by atoms with Crippen LogP contribution in [-0.4, -0.2) is 9.97 Å². The lowest BCUT2D eigenvalue weighted by atomic mass is 10.7. The third-order valence-electron chi connectivity index (χ3n) is 0.592. The van der Waals surface area contributed by atoms with E-state index >= 15 is 0 Å². The van der Waals surface area contributed by atoms with Crippen molar-refractivity contribution in [3.63, 3.8) is 0 Å². The second-order valence-corrected chi connectivity index (χ2v) is 2.67. The number of hydrogen-bond acceptors (Lipinski definition) is 2. The van der Waals surface area contributed by atoms with Gasteiger partial charge in [0.1, 0.15) is 4.60 Å². The molecule has 0 unspecified atom stereocenters. The van der Waals surface area contributed by atoms with Crippen LogP contribution in [0.3, 0.4) is 0 Å². The molecule has 0 aromatic carbocycles. The van der Waals surface area contributed by atoms with E-state index in [0.717, 1.165) is 4.60 Å². The van der Waals surface area contributed by atoms with E-state index in [4.69, 9.17) is 0 Å². The molecule has 0 atom stereocenters. The van der Waals surface area contributed by atoms with E-state index in [9.17, 15) is 0 Å². The van der Waals surface area contributed by atoms with Gasteiger partial charge in [0.05, 0.1) is 0 Å².